The van der Waals surface area contributed by atoms with Crippen LogP contribution in [0.4, 0.5) is 0 Å². The molecule has 0 spiro atoms. The molecule has 3 rings (SSSR count). The van der Waals surface area contributed by atoms with Gasteiger partial charge in [0.25, 0.3) is 0 Å². The SMILES string of the molecule is CCN(CC)S(=O)(=O)c1ccc2c(c1)nc(S[C@@H](C)C(=O)NC[C@@H]1CCCO1)n2CC. The van der Waals surface area contributed by atoms with Crippen molar-refractivity contribution in [3.05, 3.63) is 18.2 Å². The van der Waals surface area contributed by atoms with Crippen molar-refractivity contribution in [1.29, 1.82) is 0 Å². The van der Waals surface area contributed by atoms with Crippen LogP contribution in [0.5, 0.6) is 0 Å². The van der Waals surface area contributed by atoms with Gasteiger partial charge < -0.3 is 14.6 Å². The third kappa shape index (κ3) is 5.24. The maximum atomic E-state index is 12.9. The number of hydrogen-bond acceptors (Lipinski definition) is 6. The molecule has 1 aromatic carbocycles. The molecule has 1 aliphatic heterocycles. The maximum Gasteiger partial charge on any atom is 0.243 e. The molecule has 1 aromatic heterocycles. The average molecular weight is 469 g/mol. The van der Waals surface area contributed by atoms with Gasteiger partial charge >= 0.3 is 0 Å². The van der Waals surface area contributed by atoms with Gasteiger partial charge in [0.05, 0.1) is 27.3 Å². The number of hydrogen-bond donors (Lipinski definition) is 1. The van der Waals surface area contributed by atoms with Crippen molar-refractivity contribution in [1.82, 2.24) is 19.2 Å². The summed E-state index contributed by atoms with van der Waals surface area (Å²) in [7, 11) is -3.55. The molecule has 172 valence electrons. The van der Waals surface area contributed by atoms with Gasteiger partial charge in [0.15, 0.2) is 5.16 Å². The molecule has 0 saturated carbocycles. The number of imidazole rings is 1. The van der Waals surface area contributed by atoms with E-state index in [1.165, 1.54) is 16.1 Å². The fraction of sp³-hybridized carbons (Fsp3) is 0.619. The van der Waals surface area contributed by atoms with Gasteiger partial charge in [0.2, 0.25) is 15.9 Å². The zero-order valence-corrected chi connectivity index (χ0v) is 20.3. The van der Waals surface area contributed by atoms with Crippen LogP contribution in [0.1, 0.15) is 40.5 Å². The summed E-state index contributed by atoms with van der Waals surface area (Å²) >= 11 is 1.38. The van der Waals surface area contributed by atoms with Crippen LogP contribution in [-0.2, 0) is 26.1 Å². The second-order valence-corrected chi connectivity index (χ2v) is 10.8. The van der Waals surface area contributed by atoms with Crippen LogP contribution >= 0.6 is 11.8 Å². The zero-order chi connectivity index (χ0) is 22.6. The van der Waals surface area contributed by atoms with Crippen molar-refractivity contribution in [3.63, 3.8) is 0 Å². The molecule has 8 nitrogen and oxygen atoms in total. The van der Waals surface area contributed by atoms with E-state index >= 15 is 0 Å². The summed E-state index contributed by atoms with van der Waals surface area (Å²) < 4.78 is 34.7. The van der Waals surface area contributed by atoms with Crippen LogP contribution in [0.25, 0.3) is 11.0 Å². The predicted octanol–water partition coefficient (Wildman–Crippen LogP) is 2.86. The summed E-state index contributed by atoms with van der Waals surface area (Å²) in [6, 6.07) is 5.06. The van der Waals surface area contributed by atoms with Gasteiger partial charge in [0, 0.05) is 32.8 Å². The van der Waals surface area contributed by atoms with Crippen molar-refractivity contribution in [2.75, 3.05) is 26.2 Å². The molecule has 2 atom stereocenters. The number of carbonyl (C=O) groups is 1. The molecule has 31 heavy (non-hydrogen) atoms. The van der Waals surface area contributed by atoms with Crippen LogP contribution < -0.4 is 5.32 Å². The normalized spacial score (nSPS) is 18.0. The van der Waals surface area contributed by atoms with E-state index in [1.54, 1.807) is 18.2 Å². The first-order chi connectivity index (χ1) is 14.8. The molecule has 2 heterocycles. The fourth-order valence-electron chi connectivity index (χ4n) is 3.73. The van der Waals surface area contributed by atoms with E-state index < -0.39 is 10.0 Å². The van der Waals surface area contributed by atoms with Crippen LogP contribution in [0.2, 0.25) is 0 Å². The molecule has 0 aliphatic carbocycles. The standard InChI is InChI=1S/C21H32N4O4S2/c1-5-24(6-2)31(27,28)17-10-11-19-18(13-17)23-21(25(19)7-3)30-15(4)20(26)22-14-16-9-8-12-29-16/h10-11,13,15-16H,5-9,12,14H2,1-4H3,(H,22,26)/t15-,16-/m0/s1. The smallest absolute Gasteiger partial charge is 0.243 e. The highest BCUT2D eigenvalue weighted by Gasteiger charge is 2.24. The first-order valence-electron chi connectivity index (χ1n) is 10.9. The Morgan fingerprint density at radius 3 is 2.71 bits per heavy atom. The van der Waals surface area contributed by atoms with E-state index in [-0.39, 0.29) is 22.2 Å². The topological polar surface area (TPSA) is 93.5 Å². The van der Waals surface area contributed by atoms with Gasteiger partial charge in [-0.3, -0.25) is 4.79 Å². The molecule has 1 aliphatic rings. The Morgan fingerprint density at radius 2 is 2.10 bits per heavy atom. The molecule has 1 N–H and O–H groups in total. The number of sulfonamides is 1. The monoisotopic (exact) mass is 468 g/mol. The lowest BCUT2D eigenvalue weighted by Crippen LogP contribution is -2.36. The maximum absolute atomic E-state index is 12.9. The minimum absolute atomic E-state index is 0.0555. The van der Waals surface area contributed by atoms with Crippen molar-refractivity contribution in [3.8, 4) is 0 Å². The molecule has 0 radical (unpaired) electrons. The Bertz CT molecular complexity index is 1010. The number of rotatable bonds is 10. The van der Waals surface area contributed by atoms with Crippen LogP contribution in [0, 0.1) is 0 Å². The molecular weight excluding hydrogens is 436 g/mol. The highest BCUT2D eigenvalue weighted by atomic mass is 32.2. The quantitative estimate of drug-likeness (QED) is 0.539. The Morgan fingerprint density at radius 1 is 1.35 bits per heavy atom. The highest BCUT2D eigenvalue weighted by molar-refractivity contribution is 8.00. The summed E-state index contributed by atoms with van der Waals surface area (Å²) in [6.45, 7) is 10.3. The number of nitrogens with one attached hydrogen (secondary N) is 1. The number of aryl methyl sites for hydroxylation is 1. The van der Waals surface area contributed by atoms with Gasteiger partial charge in [-0.05, 0) is 44.9 Å². The van der Waals surface area contributed by atoms with Crippen LogP contribution in [-0.4, -0.2) is 65.8 Å². The van der Waals surface area contributed by atoms with Crippen LogP contribution in [0.3, 0.4) is 0 Å². The minimum Gasteiger partial charge on any atom is -0.376 e. The van der Waals surface area contributed by atoms with Crippen LogP contribution in [0.15, 0.2) is 28.3 Å². The van der Waals surface area contributed by atoms with Gasteiger partial charge in [-0.25, -0.2) is 13.4 Å². The molecule has 2 aromatic rings. The summed E-state index contributed by atoms with van der Waals surface area (Å²) in [5, 5.41) is 3.34. The van der Waals surface area contributed by atoms with Gasteiger partial charge in [-0.1, -0.05) is 25.6 Å². The Balaban J connectivity index is 1.79. The van der Waals surface area contributed by atoms with E-state index in [1.807, 2.05) is 32.3 Å². The van der Waals surface area contributed by atoms with Crippen molar-refractivity contribution in [2.45, 2.75) is 68.5 Å². The molecule has 1 fully saturated rings. The summed E-state index contributed by atoms with van der Waals surface area (Å²) in [4.78, 5) is 17.4. The first-order valence-corrected chi connectivity index (χ1v) is 13.2. The zero-order valence-electron chi connectivity index (χ0n) is 18.6. The average Bonchev–Trinajstić information content (AvgIpc) is 3.39. The Hall–Kier alpha value is -1.62. The van der Waals surface area contributed by atoms with Crippen molar-refractivity contribution >= 4 is 38.7 Å². The fourth-order valence-corrected chi connectivity index (χ4v) is 6.22. The second kappa shape index (κ2) is 10.3. The van der Waals surface area contributed by atoms with Crippen molar-refractivity contribution < 1.29 is 17.9 Å². The second-order valence-electron chi connectivity index (χ2n) is 7.52. The number of nitrogens with zero attached hydrogens (tertiary/aromatic N) is 3. The molecular formula is C21H32N4O4S2. The van der Waals surface area contributed by atoms with E-state index in [0.29, 0.717) is 36.9 Å². The van der Waals surface area contributed by atoms with Gasteiger partial charge in [-0.2, -0.15) is 4.31 Å². The minimum atomic E-state index is -3.55. The van der Waals surface area contributed by atoms with E-state index in [9.17, 15) is 13.2 Å². The Kier molecular flexibility index (Phi) is 8.01. The first kappa shape index (κ1) is 24.0. The number of ether oxygens (including phenoxy) is 1. The number of benzene rings is 1. The van der Waals surface area contributed by atoms with E-state index in [0.717, 1.165) is 25.0 Å². The number of amides is 1. The van der Waals surface area contributed by atoms with E-state index in [4.69, 9.17) is 4.74 Å². The number of thioether (sulfide) groups is 1. The number of carbonyl (C=O) groups excluding carboxylic acids is 1. The van der Waals surface area contributed by atoms with E-state index in [2.05, 4.69) is 10.3 Å². The number of aromatic nitrogens is 2. The molecule has 10 heteroatoms. The van der Waals surface area contributed by atoms with Gasteiger partial charge in [0.1, 0.15) is 0 Å². The Labute approximate surface area is 188 Å². The highest BCUT2D eigenvalue weighted by Crippen LogP contribution is 2.29. The lowest BCUT2D eigenvalue weighted by Gasteiger charge is -2.18. The number of fused-ring (bicyclic) bond motifs is 1. The molecule has 1 saturated heterocycles. The summed E-state index contributed by atoms with van der Waals surface area (Å²) in [5.41, 5.74) is 1.47. The molecule has 0 bridgehead atoms. The third-order valence-corrected chi connectivity index (χ3v) is 8.66. The predicted molar refractivity (Wildman–Crippen MR) is 123 cm³/mol. The lowest BCUT2D eigenvalue weighted by molar-refractivity contribution is -0.120. The summed E-state index contributed by atoms with van der Waals surface area (Å²) in [5.74, 6) is -0.0555. The largest absolute Gasteiger partial charge is 0.376 e. The van der Waals surface area contributed by atoms with Crippen molar-refractivity contribution in [2.24, 2.45) is 0 Å². The molecule has 0 unspecified atom stereocenters. The van der Waals surface area contributed by atoms with Gasteiger partial charge in [-0.15, -0.1) is 0 Å². The lowest BCUT2D eigenvalue weighted by atomic mass is 10.2. The molecule has 1 amide bonds. The third-order valence-electron chi connectivity index (χ3n) is 5.52. The summed E-state index contributed by atoms with van der Waals surface area (Å²) in [6.07, 6.45) is 2.12.